The van der Waals surface area contributed by atoms with E-state index in [1.807, 2.05) is 24.4 Å². The first-order valence-corrected chi connectivity index (χ1v) is 7.19. The molecule has 3 aromatic heterocycles. The molecule has 1 fully saturated rings. The number of nitrogens with one attached hydrogen (secondary N) is 1. The summed E-state index contributed by atoms with van der Waals surface area (Å²) >= 11 is 0. The summed E-state index contributed by atoms with van der Waals surface area (Å²) in [5.74, 6) is 2.08. The number of H-pyrrole nitrogens is 1. The minimum Gasteiger partial charge on any atom is -0.368 e. The maximum atomic E-state index is 5.79. The van der Waals surface area contributed by atoms with E-state index in [4.69, 9.17) is 5.73 Å². The fourth-order valence-electron chi connectivity index (χ4n) is 2.75. The van der Waals surface area contributed by atoms with Gasteiger partial charge in [-0.3, -0.25) is 0 Å². The number of nitrogens with two attached hydrogens (primary N) is 1. The second kappa shape index (κ2) is 5.14. The first kappa shape index (κ1) is 12.8. The summed E-state index contributed by atoms with van der Waals surface area (Å²) in [5, 5.41) is 0. The second-order valence-corrected chi connectivity index (χ2v) is 5.17. The highest BCUT2D eigenvalue weighted by Crippen LogP contribution is 2.23. The molecule has 0 unspecified atom stereocenters. The van der Waals surface area contributed by atoms with E-state index in [0.29, 0.717) is 5.65 Å². The number of rotatable bonds is 2. The predicted octanol–water partition coefficient (Wildman–Crippen LogP) is 0.657. The van der Waals surface area contributed by atoms with Crippen molar-refractivity contribution in [2.45, 2.75) is 0 Å². The minimum absolute atomic E-state index is 0.252. The van der Waals surface area contributed by atoms with Gasteiger partial charge in [0, 0.05) is 32.4 Å². The van der Waals surface area contributed by atoms with E-state index in [9.17, 15) is 0 Å². The molecule has 8 heteroatoms. The van der Waals surface area contributed by atoms with Gasteiger partial charge >= 0.3 is 0 Å². The van der Waals surface area contributed by atoms with Crippen molar-refractivity contribution in [2.24, 2.45) is 0 Å². The van der Waals surface area contributed by atoms with E-state index in [0.717, 1.165) is 43.3 Å². The molecule has 1 aliphatic heterocycles. The molecule has 22 heavy (non-hydrogen) atoms. The maximum Gasteiger partial charge on any atom is 0.224 e. The summed E-state index contributed by atoms with van der Waals surface area (Å²) < 4.78 is 0. The van der Waals surface area contributed by atoms with Crippen LogP contribution in [0.2, 0.25) is 0 Å². The lowest BCUT2D eigenvalue weighted by molar-refractivity contribution is 0.643. The van der Waals surface area contributed by atoms with Gasteiger partial charge in [0.25, 0.3) is 0 Å². The molecule has 1 saturated heterocycles. The van der Waals surface area contributed by atoms with Crippen LogP contribution in [-0.4, -0.2) is 51.1 Å². The molecule has 0 atom stereocenters. The number of imidazole rings is 1. The molecule has 0 aromatic carbocycles. The average Bonchev–Trinajstić information content (AvgIpc) is 3.03. The highest BCUT2D eigenvalue weighted by atomic mass is 15.3. The summed E-state index contributed by atoms with van der Waals surface area (Å²) in [6.07, 6.45) is 3.44. The number of nitrogen functional groups attached to an aromatic ring is 1. The van der Waals surface area contributed by atoms with Gasteiger partial charge in [0.2, 0.25) is 5.95 Å². The Balaban J connectivity index is 1.57. The third-order valence-corrected chi connectivity index (χ3v) is 3.84. The summed E-state index contributed by atoms with van der Waals surface area (Å²) in [4.78, 5) is 24.7. The maximum absolute atomic E-state index is 5.79. The molecule has 0 spiro atoms. The summed E-state index contributed by atoms with van der Waals surface area (Å²) in [7, 11) is 0. The van der Waals surface area contributed by atoms with Crippen LogP contribution in [0.3, 0.4) is 0 Å². The Bertz CT molecular complexity index is 776. The van der Waals surface area contributed by atoms with Gasteiger partial charge in [-0.2, -0.15) is 9.97 Å². The lowest BCUT2D eigenvalue weighted by atomic mass is 10.3. The Kier molecular flexibility index (Phi) is 2.99. The number of aromatic amines is 1. The standard InChI is InChI=1S/C14H16N8/c15-14-19-12-11(17-9-18-12)13(20-14)22-7-5-21(6-8-22)10-3-1-2-4-16-10/h1-4,9H,5-8H2,(H3,15,17,18,19,20). The summed E-state index contributed by atoms with van der Waals surface area (Å²) in [5.41, 5.74) is 7.23. The summed E-state index contributed by atoms with van der Waals surface area (Å²) in [6, 6.07) is 5.97. The Morgan fingerprint density at radius 1 is 1.00 bits per heavy atom. The Labute approximate surface area is 127 Å². The summed E-state index contributed by atoms with van der Waals surface area (Å²) in [6.45, 7) is 3.47. The zero-order valence-corrected chi connectivity index (χ0v) is 12.0. The smallest absolute Gasteiger partial charge is 0.224 e. The van der Waals surface area contributed by atoms with Crippen LogP contribution in [0.4, 0.5) is 17.6 Å². The van der Waals surface area contributed by atoms with Gasteiger partial charge < -0.3 is 20.5 Å². The lowest BCUT2D eigenvalue weighted by Gasteiger charge is -2.36. The average molecular weight is 296 g/mol. The quantitative estimate of drug-likeness (QED) is 0.716. The highest BCUT2D eigenvalue weighted by Gasteiger charge is 2.22. The van der Waals surface area contributed by atoms with Crippen molar-refractivity contribution in [2.75, 3.05) is 41.7 Å². The van der Waals surface area contributed by atoms with Crippen molar-refractivity contribution in [1.29, 1.82) is 0 Å². The molecular formula is C14H16N8. The van der Waals surface area contributed by atoms with Gasteiger partial charge in [0.15, 0.2) is 11.5 Å². The fraction of sp³-hybridized carbons (Fsp3) is 0.286. The number of anilines is 3. The van der Waals surface area contributed by atoms with Crippen molar-refractivity contribution < 1.29 is 0 Å². The van der Waals surface area contributed by atoms with Crippen LogP contribution >= 0.6 is 0 Å². The molecule has 4 heterocycles. The first-order valence-electron chi connectivity index (χ1n) is 7.19. The van der Waals surface area contributed by atoms with Gasteiger partial charge in [0.1, 0.15) is 11.3 Å². The van der Waals surface area contributed by atoms with Crippen molar-refractivity contribution in [3.8, 4) is 0 Å². The van der Waals surface area contributed by atoms with Crippen LogP contribution in [-0.2, 0) is 0 Å². The monoisotopic (exact) mass is 296 g/mol. The number of nitrogens with zero attached hydrogens (tertiary/aromatic N) is 6. The fourth-order valence-corrected chi connectivity index (χ4v) is 2.75. The van der Waals surface area contributed by atoms with Crippen LogP contribution in [0.5, 0.6) is 0 Å². The molecule has 0 radical (unpaired) electrons. The first-order chi connectivity index (χ1) is 10.8. The normalized spacial score (nSPS) is 15.5. The highest BCUT2D eigenvalue weighted by molar-refractivity contribution is 5.84. The number of aromatic nitrogens is 5. The van der Waals surface area contributed by atoms with Crippen molar-refractivity contribution in [3.63, 3.8) is 0 Å². The van der Waals surface area contributed by atoms with Crippen LogP contribution < -0.4 is 15.5 Å². The number of piperazine rings is 1. The second-order valence-electron chi connectivity index (χ2n) is 5.17. The van der Waals surface area contributed by atoms with Gasteiger partial charge in [-0.1, -0.05) is 6.07 Å². The molecular weight excluding hydrogens is 280 g/mol. The molecule has 112 valence electrons. The molecule has 0 saturated carbocycles. The topological polar surface area (TPSA) is 99.8 Å². The largest absolute Gasteiger partial charge is 0.368 e. The van der Waals surface area contributed by atoms with Gasteiger partial charge in [-0.15, -0.1) is 0 Å². The minimum atomic E-state index is 0.252. The SMILES string of the molecule is Nc1nc(N2CCN(c3ccccn3)CC2)c2[nH]cnc2n1. The van der Waals surface area contributed by atoms with Gasteiger partial charge in [-0.05, 0) is 12.1 Å². The zero-order valence-electron chi connectivity index (χ0n) is 12.0. The van der Waals surface area contributed by atoms with E-state index in [2.05, 4.69) is 34.7 Å². The number of hydrogen-bond acceptors (Lipinski definition) is 7. The van der Waals surface area contributed by atoms with Crippen LogP contribution in [0.1, 0.15) is 0 Å². The van der Waals surface area contributed by atoms with E-state index in [1.54, 1.807) is 6.33 Å². The van der Waals surface area contributed by atoms with Crippen molar-refractivity contribution in [3.05, 3.63) is 30.7 Å². The molecule has 4 rings (SSSR count). The third-order valence-electron chi connectivity index (χ3n) is 3.84. The van der Waals surface area contributed by atoms with Crippen molar-refractivity contribution >= 4 is 28.7 Å². The molecule has 0 bridgehead atoms. The van der Waals surface area contributed by atoms with E-state index in [-0.39, 0.29) is 5.95 Å². The molecule has 3 aromatic rings. The predicted molar refractivity (Wildman–Crippen MR) is 84.8 cm³/mol. The molecule has 0 aliphatic carbocycles. The van der Waals surface area contributed by atoms with Gasteiger partial charge in [0.05, 0.1) is 6.33 Å². The van der Waals surface area contributed by atoms with E-state index in [1.165, 1.54) is 0 Å². The van der Waals surface area contributed by atoms with E-state index < -0.39 is 0 Å². The van der Waals surface area contributed by atoms with Gasteiger partial charge in [-0.25, -0.2) is 9.97 Å². The Morgan fingerprint density at radius 3 is 2.59 bits per heavy atom. The molecule has 0 amide bonds. The number of pyridine rings is 1. The van der Waals surface area contributed by atoms with Crippen LogP contribution in [0.15, 0.2) is 30.7 Å². The lowest BCUT2D eigenvalue weighted by Crippen LogP contribution is -2.47. The molecule has 3 N–H and O–H groups in total. The third kappa shape index (κ3) is 2.18. The molecule has 1 aliphatic rings. The zero-order chi connectivity index (χ0) is 14.9. The Hall–Kier alpha value is -2.90. The number of fused-ring (bicyclic) bond motifs is 1. The number of hydrogen-bond donors (Lipinski definition) is 2. The van der Waals surface area contributed by atoms with Crippen molar-refractivity contribution in [1.82, 2.24) is 24.9 Å². The van der Waals surface area contributed by atoms with E-state index >= 15 is 0 Å². The Morgan fingerprint density at radius 2 is 1.82 bits per heavy atom. The molecule has 8 nitrogen and oxygen atoms in total. The van der Waals surface area contributed by atoms with Crippen LogP contribution in [0.25, 0.3) is 11.2 Å². The van der Waals surface area contributed by atoms with Crippen LogP contribution in [0, 0.1) is 0 Å².